The SMILES string of the molecule is O=C(c1c(F)cc(-c2ccncc2)cc1F)N1CCCC1CN1CCCC1. The van der Waals surface area contributed by atoms with Crippen LogP contribution in [0.3, 0.4) is 0 Å². The lowest BCUT2D eigenvalue weighted by atomic mass is 10.0. The number of hydrogen-bond acceptors (Lipinski definition) is 3. The molecule has 6 heteroatoms. The highest BCUT2D eigenvalue weighted by Crippen LogP contribution is 2.28. The minimum absolute atomic E-state index is 0.0364. The fraction of sp³-hybridized carbons (Fsp3) is 0.429. The lowest BCUT2D eigenvalue weighted by molar-refractivity contribution is 0.0699. The van der Waals surface area contributed by atoms with Gasteiger partial charge < -0.3 is 9.80 Å². The van der Waals surface area contributed by atoms with E-state index in [-0.39, 0.29) is 6.04 Å². The first-order valence-corrected chi connectivity index (χ1v) is 9.56. The normalized spacial score (nSPS) is 20.4. The maximum Gasteiger partial charge on any atom is 0.260 e. The Morgan fingerprint density at radius 3 is 2.33 bits per heavy atom. The maximum atomic E-state index is 14.7. The molecule has 1 atom stereocenters. The molecule has 142 valence electrons. The van der Waals surface area contributed by atoms with Crippen LogP contribution in [0.25, 0.3) is 11.1 Å². The maximum absolute atomic E-state index is 14.7. The van der Waals surface area contributed by atoms with Gasteiger partial charge in [-0.1, -0.05) is 0 Å². The molecule has 2 aliphatic heterocycles. The molecule has 27 heavy (non-hydrogen) atoms. The number of rotatable bonds is 4. The third-order valence-corrected chi connectivity index (χ3v) is 5.58. The zero-order chi connectivity index (χ0) is 18.8. The summed E-state index contributed by atoms with van der Waals surface area (Å²) in [6.07, 6.45) is 7.26. The number of nitrogens with zero attached hydrogens (tertiary/aromatic N) is 3. The first-order chi connectivity index (χ1) is 13.1. The molecule has 1 aromatic heterocycles. The summed E-state index contributed by atoms with van der Waals surface area (Å²) in [5, 5.41) is 0. The smallest absolute Gasteiger partial charge is 0.260 e. The molecule has 0 radical (unpaired) electrons. The highest BCUT2D eigenvalue weighted by Gasteiger charge is 2.34. The number of carbonyl (C=O) groups is 1. The zero-order valence-corrected chi connectivity index (χ0v) is 15.2. The third kappa shape index (κ3) is 3.72. The Morgan fingerprint density at radius 2 is 1.67 bits per heavy atom. The van der Waals surface area contributed by atoms with Crippen LogP contribution < -0.4 is 0 Å². The number of aromatic nitrogens is 1. The number of carbonyl (C=O) groups excluding carboxylic acids is 1. The van der Waals surface area contributed by atoms with Gasteiger partial charge in [-0.3, -0.25) is 9.78 Å². The number of halogens is 2. The van der Waals surface area contributed by atoms with Gasteiger partial charge in [0, 0.05) is 31.5 Å². The topological polar surface area (TPSA) is 36.4 Å². The molecule has 4 nitrogen and oxygen atoms in total. The van der Waals surface area contributed by atoms with E-state index in [2.05, 4.69) is 9.88 Å². The molecule has 2 aromatic rings. The predicted octanol–water partition coefficient (Wildman–Crippen LogP) is 3.73. The molecule has 0 N–H and O–H groups in total. The molecular weight excluding hydrogens is 348 g/mol. The van der Waals surface area contributed by atoms with E-state index in [1.165, 1.54) is 25.0 Å². The van der Waals surface area contributed by atoms with Crippen LogP contribution >= 0.6 is 0 Å². The number of benzene rings is 1. The molecule has 4 rings (SSSR count). The summed E-state index contributed by atoms with van der Waals surface area (Å²) < 4.78 is 29.4. The molecule has 1 aromatic carbocycles. The van der Waals surface area contributed by atoms with E-state index < -0.39 is 23.1 Å². The molecule has 0 bridgehead atoms. The van der Waals surface area contributed by atoms with Crippen molar-refractivity contribution in [2.75, 3.05) is 26.2 Å². The van der Waals surface area contributed by atoms with E-state index in [1.54, 1.807) is 29.4 Å². The Hall–Kier alpha value is -2.34. The molecule has 3 heterocycles. The average Bonchev–Trinajstić information content (AvgIpc) is 3.34. The Bertz CT molecular complexity index is 798. The van der Waals surface area contributed by atoms with Crippen molar-refractivity contribution in [3.63, 3.8) is 0 Å². The van der Waals surface area contributed by atoms with Gasteiger partial charge in [-0.2, -0.15) is 0 Å². The molecular formula is C21H23F2N3O. The van der Waals surface area contributed by atoms with Crippen molar-refractivity contribution in [2.45, 2.75) is 31.7 Å². The van der Waals surface area contributed by atoms with Crippen molar-refractivity contribution in [3.05, 3.63) is 53.9 Å². The minimum Gasteiger partial charge on any atom is -0.334 e. The van der Waals surface area contributed by atoms with Gasteiger partial charge in [0.15, 0.2) is 0 Å². The van der Waals surface area contributed by atoms with Gasteiger partial charge in [0.25, 0.3) is 5.91 Å². The molecule has 0 spiro atoms. The first-order valence-electron chi connectivity index (χ1n) is 9.56. The summed E-state index contributed by atoms with van der Waals surface area (Å²) in [4.78, 5) is 20.9. The third-order valence-electron chi connectivity index (χ3n) is 5.58. The summed E-state index contributed by atoms with van der Waals surface area (Å²) in [6.45, 7) is 3.44. The lowest BCUT2D eigenvalue weighted by Gasteiger charge is -2.29. The van der Waals surface area contributed by atoms with Crippen LogP contribution in [0.2, 0.25) is 0 Å². The summed E-state index contributed by atoms with van der Waals surface area (Å²) in [7, 11) is 0. The van der Waals surface area contributed by atoms with Gasteiger partial charge in [-0.05, 0) is 74.2 Å². The molecule has 0 saturated carbocycles. The van der Waals surface area contributed by atoms with Crippen molar-refractivity contribution < 1.29 is 13.6 Å². The largest absolute Gasteiger partial charge is 0.334 e. The monoisotopic (exact) mass is 371 g/mol. The summed E-state index contributed by atoms with van der Waals surface area (Å²) in [5.74, 6) is -2.15. The van der Waals surface area contributed by atoms with Gasteiger partial charge in [-0.15, -0.1) is 0 Å². The summed E-state index contributed by atoms with van der Waals surface area (Å²) in [6, 6.07) is 5.87. The highest BCUT2D eigenvalue weighted by molar-refractivity contribution is 5.95. The van der Waals surface area contributed by atoms with Crippen LogP contribution in [0.4, 0.5) is 8.78 Å². The average molecular weight is 371 g/mol. The number of likely N-dealkylation sites (tertiary alicyclic amines) is 2. The van der Waals surface area contributed by atoms with Crippen LogP contribution in [0.15, 0.2) is 36.7 Å². The standard InChI is InChI=1S/C21H23F2N3O/c22-18-12-16(15-5-7-24-8-6-15)13-19(23)20(18)21(27)26-11-3-4-17(26)14-25-9-1-2-10-25/h5-8,12-13,17H,1-4,9-11,14H2. The Balaban J connectivity index is 1.57. The second-order valence-electron chi connectivity index (χ2n) is 7.35. The molecule has 0 aliphatic carbocycles. The van der Waals surface area contributed by atoms with Crippen molar-refractivity contribution in [3.8, 4) is 11.1 Å². The first kappa shape index (κ1) is 18.0. The Kier molecular flexibility index (Phi) is 5.16. The minimum atomic E-state index is -0.807. The number of hydrogen-bond donors (Lipinski definition) is 0. The second kappa shape index (κ2) is 7.72. The lowest BCUT2D eigenvalue weighted by Crippen LogP contribution is -2.43. The molecule has 2 saturated heterocycles. The number of amides is 1. The van der Waals surface area contributed by atoms with E-state index in [9.17, 15) is 13.6 Å². The summed E-state index contributed by atoms with van der Waals surface area (Å²) in [5.41, 5.74) is 0.620. The van der Waals surface area contributed by atoms with Crippen LogP contribution in [0.1, 0.15) is 36.0 Å². The van der Waals surface area contributed by atoms with Crippen molar-refractivity contribution >= 4 is 5.91 Å². The molecule has 2 fully saturated rings. The van der Waals surface area contributed by atoms with Crippen LogP contribution in [0.5, 0.6) is 0 Å². The van der Waals surface area contributed by atoms with Crippen molar-refractivity contribution in [1.29, 1.82) is 0 Å². The van der Waals surface area contributed by atoms with E-state index in [1.807, 2.05) is 0 Å². The van der Waals surface area contributed by atoms with E-state index in [0.29, 0.717) is 17.7 Å². The van der Waals surface area contributed by atoms with Gasteiger partial charge in [-0.25, -0.2) is 8.78 Å². The number of pyridine rings is 1. The van der Waals surface area contributed by atoms with Crippen molar-refractivity contribution in [1.82, 2.24) is 14.8 Å². The fourth-order valence-corrected chi connectivity index (χ4v) is 4.19. The molecule has 1 unspecified atom stereocenters. The zero-order valence-electron chi connectivity index (χ0n) is 15.2. The predicted molar refractivity (Wildman–Crippen MR) is 99.3 cm³/mol. The van der Waals surface area contributed by atoms with Gasteiger partial charge >= 0.3 is 0 Å². The molecule has 1 amide bonds. The van der Waals surface area contributed by atoms with E-state index in [0.717, 1.165) is 32.5 Å². The molecule has 2 aliphatic rings. The quantitative estimate of drug-likeness (QED) is 0.822. The fourth-order valence-electron chi connectivity index (χ4n) is 4.19. The van der Waals surface area contributed by atoms with Crippen molar-refractivity contribution in [2.24, 2.45) is 0 Å². The van der Waals surface area contributed by atoms with Gasteiger partial charge in [0.1, 0.15) is 17.2 Å². The van der Waals surface area contributed by atoms with Gasteiger partial charge in [0.2, 0.25) is 0 Å². The van der Waals surface area contributed by atoms with Gasteiger partial charge in [0.05, 0.1) is 0 Å². The Labute approximate surface area is 157 Å². The van der Waals surface area contributed by atoms with E-state index in [4.69, 9.17) is 0 Å². The van der Waals surface area contributed by atoms with Crippen LogP contribution in [-0.4, -0.2) is 52.9 Å². The van der Waals surface area contributed by atoms with Crippen LogP contribution in [0, 0.1) is 11.6 Å². The Morgan fingerprint density at radius 1 is 1.00 bits per heavy atom. The van der Waals surface area contributed by atoms with E-state index >= 15 is 0 Å². The highest BCUT2D eigenvalue weighted by atomic mass is 19.1. The summed E-state index contributed by atoms with van der Waals surface area (Å²) >= 11 is 0. The van der Waals surface area contributed by atoms with Crippen LogP contribution in [-0.2, 0) is 0 Å². The second-order valence-corrected chi connectivity index (χ2v) is 7.35.